The van der Waals surface area contributed by atoms with Gasteiger partial charge in [0, 0.05) is 17.8 Å². The molecule has 0 bridgehead atoms. The molecule has 0 aliphatic rings. The highest BCUT2D eigenvalue weighted by molar-refractivity contribution is 6.43. The zero-order valence-electron chi connectivity index (χ0n) is 9.89. The highest BCUT2D eigenvalue weighted by Crippen LogP contribution is 2.32. The fourth-order valence-corrected chi connectivity index (χ4v) is 1.89. The van der Waals surface area contributed by atoms with Crippen LogP contribution in [0, 0.1) is 10.1 Å². The van der Waals surface area contributed by atoms with E-state index in [9.17, 15) is 14.9 Å². The van der Waals surface area contributed by atoms with Gasteiger partial charge in [-0.3, -0.25) is 20.0 Å². The summed E-state index contributed by atoms with van der Waals surface area (Å²) in [5.74, 6) is -0.499. The van der Waals surface area contributed by atoms with Crippen LogP contribution in [0.15, 0.2) is 24.4 Å². The standard InChI is InChI=1S/C11H8Cl2N4O3/c12-8-3-6(4-9(10(8)13)17(19)20)11(18)14-5-7-1-2-15-16-7/h1-4H,5H2,(H,14,18)(H,15,16). The Bertz CT molecular complexity index is 658. The molecule has 2 rings (SSSR count). The monoisotopic (exact) mass is 314 g/mol. The number of nitro groups is 1. The lowest BCUT2D eigenvalue weighted by molar-refractivity contribution is -0.384. The van der Waals surface area contributed by atoms with Crippen molar-refractivity contribution < 1.29 is 9.72 Å². The van der Waals surface area contributed by atoms with E-state index in [2.05, 4.69) is 15.5 Å². The first kappa shape index (κ1) is 14.3. The minimum absolute atomic E-state index is 0.0486. The second-order valence-electron chi connectivity index (χ2n) is 3.81. The van der Waals surface area contributed by atoms with Gasteiger partial charge in [0.25, 0.3) is 11.6 Å². The van der Waals surface area contributed by atoms with Crippen LogP contribution in [-0.2, 0) is 6.54 Å². The minimum Gasteiger partial charge on any atom is -0.346 e. The molecule has 0 atom stereocenters. The molecular weight excluding hydrogens is 307 g/mol. The molecule has 0 aliphatic heterocycles. The summed E-state index contributed by atoms with van der Waals surface area (Å²) < 4.78 is 0. The predicted molar refractivity (Wildman–Crippen MR) is 72.9 cm³/mol. The quantitative estimate of drug-likeness (QED) is 0.668. The molecule has 0 unspecified atom stereocenters. The molecule has 0 saturated carbocycles. The van der Waals surface area contributed by atoms with Gasteiger partial charge in [-0.25, -0.2) is 0 Å². The summed E-state index contributed by atoms with van der Waals surface area (Å²) in [7, 11) is 0. The third-order valence-corrected chi connectivity index (χ3v) is 3.26. The molecule has 9 heteroatoms. The van der Waals surface area contributed by atoms with Gasteiger partial charge in [-0.1, -0.05) is 23.2 Å². The van der Waals surface area contributed by atoms with Crippen molar-refractivity contribution in [3.8, 4) is 0 Å². The van der Waals surface area contributed by atoms with E-state index < -0.39 is 16.5 Å². The van der Waals surface area contributed by atoms with Gasteiger partial charge in [0.1, 0.15) is 5.02 Å². The van der Waals surface area contributed by atoms with Gasteiger partial charge < -0.3 is 5.32 Å². The first-order valence-electron chi connectivity index (χ1n) is 5.39. The normalized spacial score (nSPS) is 10.3. The van der Waals surface area contributed by atoms with E-state index >= 15 is 0 Å². The molecule has 2 aromatic rings. The second kappa shape index (κ2) is 5.89. The Labute approximate surface area is 123 Å². The van der Waals surface area contributed by atoms with Gasteiger partial charge in [0.15, 0.2) is 0 Å². The summed E-state index contributed by atoms with van der Waals surface area (Å²) in [5, 5.41) is 19.6. The molecule has 104 valence electrons. The lowest BCUT2D eigenvalue weighted by atomic mass is 10.2. The first-order chi connectivity index (χ1) is 9.49. The SMILES string of the molecule is O=C(NCc1ccn[nH]1)c1cc(Cl)c(Cl)c([N+](=O)[O-])c1. The molecule has 1 aromatic heterocycles. The maximum absolute atomic E-state index is 11.9. The molecule has 2 N–H and O–H groups in total. The number of hydrogen-bond acceptors (Lipinski definition) is 4. The van der Waals surface area contributed by atoms with E-state index in [1.807, 2.05) is 0 Å². The van der Waals surface area contributed by atoms with E-state index in [4.69, 9.17) is 23.2 Å². The van der Waals surface area contributed by atoms with Gasteiger partial charge in [-0.15, -0.1) is 0 Å². The number of carbonyl (C=O) groups is 1. The van der Waals surface area contributed by atoms with Gasteiger partial charge in [0.2, 0.25) is 0 Å². The lowest BCUT2D eigenvalue weighted by Gasteiger charge is -2.05. The van der Waals surface area contributed by atoms with E-state index in [0.29, 0.717) is 5.69 Å². The highest BCUT2D eigenvalue weighted by atomic mass is 35.5. The lowest BCUT2D eigenvalue weighted by Crippen LogP contribution is -2.23. The van der Waals surface area contributed by atoms with Crippen LogP contribution in [-0.4, -0.2) is 21.0 Å². The minimum atomic E-state index is -0.695. The Balaban J connectivity index is 2.19. The van der Waals surface area contributed by atoms with Crippen molar-refractivity contribution in [2.75, 3.05) is 0 Å². The Hall–Kier alpha value is -2.12. The molecular formula is C11H8Cl2N4O3. The molecule has 1 heterocycles. The van der Waals surface area contributed by atoms with Crippen LogP contribution < -0.4 is 5.32 Å². The number of benzene rings is 1. The number of H-pyrrole nitrogens is 1. The number of amides is 1. The Kier molecular flexibility index (Phi) is 4.21. The van der Waals surface area contributed by atoms with Crippen LogP contribution in [0.25, 0.3) is 0 Å². The van der Waals surface area contributed by atoms with Crippen molar-refractivity contribution in [1.82, 2.24) is 15.5 Å². The number of nitro benzene ring substituents is 1. The van der Waals surface area contributed by atoms with Crippen molar-refractivity contribution in [3.05, 3.63) is 55.8 Å². The van der Waals surface area contributed by atoms with Gasteiger partial charge in [0.05, 0.1) is 22.2 Å². The number of nitrogens with zero attached hydrogens (tertiary/aromatic N) is 2. The highest BCUT2D eigenvalue weighted by Gasteiger charge is 2.20. The van der Waals surface area contributed by atoms with Crippen molar-refractivity contribution in [2.45, 2.75) is 6.54 Å². The molecule has 0 saturated heterocycles. The van der Waals surface area contributed by atoms with Crippen LogP contribution in [0.4, 0.5) is 5.69 Å². The number of aromatic nitrogens is 2. The van der Waals surface area contributed by atoms with Crippen LogP contribution in [0.1, 0.15) is 16.1 Å². The zero-order chi connectivity index (χ0) is 14.7. The third kappa shape index (κ3) is 3.06. The summed E-state index contributed by atoms with van der Waals surface area (Å²) in [6.45, 7) is 0.215. The Morgan fingerprint density at radius 1 is 1.45 bits per heavy atom. The summed E-state index contributed by atoms with van der Waals surface area (Å²) >= 11 is 11.5. The van der Waals surface area contributed by atoms with Crippen molar-refractivity contribution in [1.29, 1.82) is 0 Å². The Morgan fingerprint density at radius 3 is 2.80 bits per heavy atom. The molecule has 0 spiro atoms. The fourth-order valence-electron chi connectivity index (χ4n) is 1.50. The number of aromatic amines is 1. The van der Waals surface area contributed by atoms with Crippen molar-refractivity contribution >= 4 is 34.8 Å². The molecule has 0 fully saturated rings. The van der Waals surface area contributed by atoms with Gasteiger partial charge in [-0.05, 0) is 12.1 Å². The molecule has 20 heavy (non-hydrogen) atoms. The molecule has 7 nitrogen and oxygen atoms in total. The van der Waals surface area contributed by atoms with Gasteiger partial charge in [-0.2, -0.15) is 5.10 Å². The molecule has 1 amide bonds. The fraction of sp³-hybridized carbons (Fsp3) is 0.0909. The van der Waals surface area contributed by atoms with Crippen LogP contribution >= 0.6 is 23.2 Å². The van der Waals surface area contributed by atoms with E-state index in [0.717, 1.165) is 6.07 Å². The number of rotatable bonds is 4. The summed E-state index contributed by atoms with van der Waals surface area (Å²) in [6, 6.07) is 4.05. The zero-order valence-corrected chi connectivity index (χ0v) is 11.4. The number of hydrogen-bond donors (Lipinski definition) is 2. The summed E-state index contributed by atoms with van der Waals surface area (Å²) in [5.41, 5.74) is 0.351. The number of halogens is 2. The third-order valence-electron chi connectivity index (χ3n) is 2.47. The smallest absolute Gasteiger partial charge is 0.290 e. The van der Waals surface area contributed by atoms with E-state index in [1.165, 1.54) is 6.07 Å². The number of carbonyl (C=O) groups excluding carboxylic acids is 1. The summed E-state index contributed by atoms with van der Waals surface area (Å²) in [4.78, 5) is 22.0. The maximum Gasteiger partial charge on any atom is 0.290 e. The van der Waals surface area contributed by atoms with E-state index in [-0.39, 0.29) is 22.2 Å². The largest absolute Gasteiger partial charge is 0.346 e. The summed E-state index contributed by atoms with van der Waals surface area (Å²) in [6.07, 6.45) is 1.55. The molecule has 1 aromatic carbocycles. The first-order valence-corrected chi connectivity index (χ1v) is 6.14. The average Bonchev–Trinajstić information content (AvgIpc) is 2.91. The molecule has 0 aliphatic carbocycles. The number of nitrogens with one attached hydrogen (secondary N) is 2. The second-order valence-corrected chi connectivity index (χ2v) is 4.60. The van der Waals surface area contributed by atoms with Crippen molar-refractivity contribution in [3.63, 3.8) is 0 Å². The van der Waals surface area contributed by atoms with Gasteiger partial charge >= 0.3 is 0 Å². The van der Waals surface area contributed by atoms with Crippen LogP contribution in [0.2, 0.25) is 10.0 Å². The topological polar surface area (TPSA) is 101 Å². The predicted octanol–water partition coefficient (Wildman–Crippen LogP) is 2.55. The van der Waals surface area contributed by atoms with Crippen LogP contribution in [0.5, 0.6) is 0 Å². The maximum atomic E-state index is 11.9. The van der Waals surface area contributed by atoms with Crippen LogP contribution in [0.3, 0.4) is 0 Å². The van der Waals surface area contributed by atoms with E-state index in [1.54, 1.807) is 12.3 Å². The van der Waals surface area contributed by atoms with Crippen molar-refractivity contribution in [2.24, 2.45) is 0 Å². The Morgan fingerprint density at radius 2 is 2.20 bits per heavy atom. The average molecular weight is 315 g/mol. The molecule has 0 radical (unpaired) electrons.